The molecule has 1 atom stereocenters. The smallest absolute Gasteiger partial charge is 0.257 e. The Morgan fingerprint density at radius 3 is 2.68 bits per heavy atom. The van der Waals surface area contributed by atoms with Crippen molar-refractivity contribution in [2.24, 2.45) is 0 Å². The molecule has 0 aliphatic heterocycles. The Morgan fingerprint density at radius 2 is 2.00 bits per heavy atom. The zero-order valence-electron chi connectivity index (χ0n) is 13.1. The van der Waals surface area contributed by atoms with E-state index >= 15 is 0 Å². The van der Waals surface area contributed by atoms with Gasteiger partial charge in [0.25, 0.3) is 5.91 Å². The van der Waals surface area contributed by atoms with Crippen molar-refractivity contribution in [3.05, 3.63) is 59.2 Å². The molecule has 4 heteroatoms. The van der Waals surface area contributed by atoms with Crippen molar-refractivity contribution in [2.75, 3.05) is 12.4 Å². The number of hydrogen-bond acceptors (Lipinski definition) is 3. The normalized spacial score (nSPS) is 11.8. The van der Waals surface area contributed by atoms with Crippen molar-refractivity contribution >= 4 is 11.6 Å². The summed E-state index contributed by atoms with van der Waals surface area (Å²) in [6.07, 6.45) is -0.425. The van der Waals surface area contributed by atoms with Crippen LogP contribution in [-0.4, -0.2) is 18.1 Å². The summed E-state index contributed by atoms with van der Waals surface area (Å²) >= 11 is 0. The van der Waals surface area contributed by atoms with E-state index in [-0.39, 0.29) is 0 Å². The number of hydrogen-bond donors (Lipinski definition) is 2. The van der Waals surface area contributed by atoms with Crippen LogP contribution in [-0.2, 0) is 11.2 Å². The fraction of sp³-hybridized carbons (Fsp3) is 0.278. The Morgan fingerprint density at radius 1 is 1.27 bits per heavy atom. The van der Waals surface area contributed by atoms with E-state index in [4.69, 9.17) is 4.74 Å². The van der Waals surface area contributed by atoms with Crippen LogP contribution in [0, 0.1) is 6.92 Å². The quantitative estimate of drug-likeness (QED) is 0.891. The number of amides is 1. The summed E-state index contributed by atoms with van der Waals surface area (Å²) in [6.45, 7) is 3.97. The fourth-order valence-corrected chi connectivity index (χ4v) is 2.36. The van der Waals surface area contributed by atoms with E-state index in [0.29, 0.717) is 11.3 Å². The van der Waals surface area contributed by atoms with E-state index < -0.39 is 12.0 Å². The maximum atomic E-state index is 12.3. The minimum atomic E-state index is -1.24. The molecule has 0 saturated carbocycles. The van der Waals surface area contributed by atoms with E-state index in [2.05, 4.69) is 5.32 Å². The molecular weight excluding hydrogens is 278 g/mol. The molecule has 1 amide bonds. The maximum Gasteiger partial charge on any atom is 0.257 e. The maximum absolute atomic E-state index is 12.3. The van der Waals surface area contributed by atoms with Crippen molar-refractivity contribution < 1.29 is 14.6 Å². The first kappa shape index (κ1) is 16.0. The van der Waals surface area contributed by atoms with Crippen LogP contribution in [0.2, 0.25) is 0 Å². The third kappa shape index (κ3) is 3.46. The molecular formula is C18H21NO3. The summed E-state index contributed by atoms with van der Waals surface area (Å²) in [6, 6.07) is 12.7. The van der Waals surface area contributed by atoms with Gasteiger partial charge in [0.15, 0.2) is 6.10 Å². The van der Waals surface area contributed by atoms with E-state index in [1.807, 2.05) is 32.0 Å². The summed E-state index contributed by atoms with van der Waals surface area (Å²) in [4.78, 5) is 12.3. The number of ether oxygens (including phenoxy) is 1. The average molecular weight is 299 g/mol. The van der Waals surface area contributed by atoms with Gasteiger partial charge in [-0.1, -0.05) is 37.3 Å². The molecule has 0 saturated heterocycles. The van der Waals surface area contributed by atoms with Crippen LogP contribution in [0.15, 0.2) is 42.5 Å². The van der Waals surface area contributed by atoms with Crippen LogP contribution < -0.4 is 10.1 Å². The number of nitrogens with one attached hydrogen (secondary N) is 1. The van der Waals surface area contributed by atoms with Gasteiger partial charge in [-0.3, -0.25) is 4.79 Å². The molecule has 2 N–H and O–H groups in total. The minimum absolute atomic E-state index is 0.447. The first-order valence-corrected chi connectivity index (χ1v) is 7.28. The highest BCUT2D eigenvalue weighted by atomic mass is 16.5. The Bertz CT molecular complexity index is 667. The lowest BCUT2D eigenvalue weighted by Gasteiger charge is -2.16. The zero-order chi connectivity index (χ0) is 16.1. The minimum Gasteiger partial charge on any atom is -0.497 e. The van der Waals surface area contributed by atoms with Crippen molar-refractivity contribution in [1.29, 1.82) is 0 Å². The van der Waals surface area contributed by atoms with Gasteiger partial charge in [-0.2, -0.15) is 0 Å². The zero-order valence-corrected chi connectivity index (χ0v) is 13.1. The standard InChI is InChI=1S/C18H21NO3/c1-4-13-8-5-7-12(2)16(13)19-18(21)17(20)14-9-6-10-15(11-14)22-3/h5-11,17,20H,4H2,1-3H3,(H,19,21). The molecule has 0 radical (unpaired) electrons. The molecule has 0 aromatic heterocycles. The largest absolute Gasteiger partial charge is 0.497 e. The fourth-order valence-electron chi connectivity index (χ4n) is 2.36. The van der Waals surface area contributed by atoms with E-state index in [1.54, 1.807) is 31.4 Å². The Labute approximate surface area is 130 Å². The predicted octanol–water partition coefficient (Wildman–Crippen LogP) is 3.24. The van der Waals surface area contributed by atoms with Gasteiger partial charge >= 0.3 is 0 Å². The van der Waals surface area contributed by atoms with Crippen LogP contribution in [0.5, 0.6) is 5.75 Å². The highest BCUT2D eigenvalue weighted by Gasteiger charge is 2.19. The van der Waals surface area contributed by atoms with E-state index in [0.717, 1.165) is 23.2 Å². The van der Waals surface area contributed by atoms with Crippen LogP contribution in [0.25, 0.3) is 0 Å². The van der Waals surface area contributed by atoms with Gasteiger partial charge < -0.3 is 15.2 Å². The molecule has 0 bridgehead atoms. The molecule has 0 heterocycles. The molecule has 1 unspecified atom stereocenters. The lowest BCUT2D eigenvalue weighted by Crippen LogP contribution is -2.22. The monoisotopic (exact) mass is 299 g/mol. The Hall–Kier alpha value is -2.33. The summed E-state index contributed by atoms with van der Waals surface area (Å²) in [5, 5.41) is 13.1. The molecule has 4 nitrogen and oxygen atoms in total. The second-order valence-corrected chi connectivity index (χ2v) is 5.13. The number of carbonyl (C=O) groups is 1. The first-order valence-electron chi connectivity index (χ1n) is 7.28. The van der Waals surface area contributed by atoms with Gasteiger partial charge in [0.1, 0.15) is 5.75 Å². The summed E-state index contributed by atoms with van der Waals surface area (Å²) in [5.41, 5.74) is 3.30. The highest BCUT2D eigenvalue weighted by Crippen LogP contribution is 2.24. The molecule has 116 valence electrons. The van der Waals surface area contributed by atoms with E-state index in [1.165, 1.54) is 0 Å². The summed E-state index contributed by atoms with van der Waals surface area (Å²) in [7, 11) is 1.55. The van der Waals surface area contributed by atoms with Gasteiger partial charge in [0, 0.05) is 5.69 Å². The Balaban J connectivity index is 2.21. The average Bonchev–Trinajstić information content (AvgIpc) is 2.55. The van der Waals surface area contributed by atoms with Crippen molar-refractivity contribution in [1.82, 2.24) is 0 Å². The number of anilines is 1. The molecule has 2 rings (SSSR count). The van der Waals surface area contributed by atoms with Gasteiger partial charge in [0.2, 0.25) is 0 Å². The number of aliphatic hydroxyl groups excluding tert-OH is 1. The second-order valence-electron chi connectivity index (χ2n) is 5.13. The Kier molecular flexibility index (Phi) is 5.17. The summed E-state index contributed by atoms with van der Waals surface area (Å²) < 4.78 is 5.12. The number of benzene rings is 2. The molecule has 2 aromatic carbocycles. The first-order chi connectivity index (χ1) is 10.6. The molecule has 22 heavy (non-hydrogen) atoms. The molecule has 0 fully saturated rings. The predicted molar refractivity (Wildman–Crippen MR) is 87.1 cm³/mol. The number of para-hydroxylation sites is 1. The van der Waals surface area contributed by atoms with Crippen LogP contribution in [0.3, 0.4) is 0 Å². The van der Waals surface area contributed by atoms with Crippen LogP contribution in [0.4, 0.5) is 5.69 Å². The molecule has 0 aliphatic carbocycles. The van der Waals surface area contributed by atoms with Crippen molar-refractivity contribution in [3.63, 3.8) is 0 Å². The number of aliphatic hydroxyl groups is 1. The SMILES string of the molecule is CCc1cccc(C)c1NC(=O)C(O)c1cccc(OC)c1. The number of methoxy groups -OCH3 is 1. The third-order valence-electron chi connectivity index (χ3n) is 3.65. The topological polar surface area (TPSA) is 58.6 Å². The second kappa shape index (κ2) is 7.09. The van der Waals surface area contributed by atoms with Gasteiger partial charge in [-0.15, -0.1) is 0 Å². The lowest BCUT2D eigenvalue weighted by atomic mass is 10.0. The van der Waals surface area contributed by atoms with E-state index in [9.17, 15) is 9.90 Å². The number of rotatable bonds is 5. The van der Waals surface area contributed by atoms with Crippen LogP contribution in [0.1, 0.15) is 29.7 Å². The summed E-state index contributed by atoms with van der Waals surface area (Å²) in [5.74, 6) is 0.159. The van der Waals surface area contributed by atoms with Crippen LogP contribution >= 0.6 is 0 Å². The molecule has 2 aromatic rings. The van der Waals surface area contributed by atoms with Crippen molar-refractivity contribution in [2.45, 2.75) is 26.4 Å². The van der Waals surface area contributed by atoms with Gasteiger partial charge in [0.05, 0.1) is 7.11 Å². The molecule has 0 aliphatic rings. The number of aryl methyl sites for hydroxylation is 2. The van der Waals surface area contributed by atoms with Gasteiger partial charge in [-0.05, 0) is 42.2 Å². The molecule has 0 spiro atoms. The number of carbonyl (C=O) groups excluding carboxylic acids is 1. The van der Waals surface area contributed by atoms with Crippen molar-refractivity contribution in [3.8, 4) is 5.75 Å². The lowest BCUT2D eigenvalue weighted by molar-refractivity contribution is -0.124. The highest BCUT2D eigenvalue weighted by molar-refractivity contribution is 5.96. The third-order valence-corrected chi connectivity index (χ3v) is 3.65. The van der Waals surface area contributed by atoms with Gasteiger partial charge in [-0.25, -0.2) is 0 Å².